The van der Waals surface area contributed by atoms with Gasteiger partial charge in [0.15, 0.2) is 0 Å². The van der Waals surface area contributed by atoms with Gasteiger partial charge in [-0.2, -0.15) is 0 Å². The van der Waals surface area contributed by atoms with E-state index in [9.17, 15) is 5.11 Å². The molecular formula is C30H50O3Si. The molecule has 2 aliphatic carbocycles. The van der Waals surface area contributed by atoms with E-state index in [4.69, 9.17) is 9.16 Å². The molecule has 0 aromatic heterocycles. The van der Waals surface area contributed by atoms with Gasteiger partial charge in [-0.1, -0.05) is 90.4 Å². The summed E-state index contributed by atoms with van der Waals surface area (Å²) < 4.78 is 13.6. The number of rotatable bonds is 10. The first-order chi connectivity index (χ1) is 16.1. The zero-order valence-electron chi connectivity index (χ0n) is 23.0. The Bertz CT molecular complexity index is 766. The van der Waals surface area contributed by atoms with Crippen LogP contribution in [0.5, 0.6) is 0 Å². The van der Waals surface area contributed by atoms with Gasteiger partial charge in [-0.3, -0.25) is 0 Å². The minimum Gasteiger partial charge on any atom is -0.413 e. The van der Waals surface area contributed by atoms with Crippen molar-refractivity contribution in [3.05, 3.63) is 47.5 Å². The van der Waals surface area contributed by atoms with Crippen molar-refractivity contribution in [2.24, 2.45) is 29.6 Å². The molecule has 3 rings (SSSR count). The van der Waals surface area contributed by atoms with Crippen LogP contribution in [0.25, 0.3) is 0 Å². The van der Waals surface area contributed by atoms with E-state index in [1.54, 1.807) is 0 Å². The second kappa shape index (κ2) is 11.9. The quantitative estimate of drug-likeness (QED) is 0.273. The lowest BCUT2D eigenvalue weighted by Crippen LogP contribution is -2.55. The fourth-order valence-corrected chi connectivity index (χ4v) is 13.2. The first-order valence-electron chi connectivity index (χ1n) is 13.7. The van der Waals surface area contributed by atoms with E-state index in [-0.39, 0.29) is 24.5 Å². The topological polar surface area (TPSA) is 38.7 Å². The van der Waals surface area contributed by atoms with E-state index in [1.165, 1.54) is 17.6 Å². The smallest absolute Gasteiger partial charge is 0.200 e. The predicted octanol–water partition coefficient (Wildman–Crippen LogP) is 7.61. The van der Waals surface area contributed by atoms with Crippen LogP contribution in [0.4, 0.5) is 0 Å². The number of aliphatic hydroxyl groups is 1. The van der Waals surface area contributed by atoms with Crippen LogP contribution < -0.4 is 0 Å². The third kappa shape index (κ3) is 5.56. The maximum Gasteiger partial charge on any atom is 0.200 e. The van der Waals surface area contributed by atoms with Gasteiger partial charge in [0, 0.05) is 18.4 Å². The van der Waals surface area contributed by atoms with Crippen LogP contribution >= 0.6 is 0 Å². The zero-order valence-corrected chi connectivity index (χ0v) is 24.0. The van der Waals surface area contributed by atoms with Crippen LogP contribution in [-0.4, -0.2) is 32.7 Å². The van der Waals surface area contributed by atoms with Crippen molar-refractivity contribution >= 4 is 8.32 Å². The summed E-state index contributed by atoms with van der Waals surface area (Å²) in [5.41, 5.74) is 4.35. The Morgan fingerprint density at radius 1 is 0.971 bits per heavy atom. The molecule has 0 radical (unpaired) electrons. The van der Waals surface area contributed by atoms with Gasteiger partial charge in [-0.25, -0.2) is 0 Å². The predicted molar refractivity (Wildman–Crippen MR) is 145 cm³/mol. The summed E-state index contributed by atoms with van der Waals surface area (Å²) in [6, 6.07) is 10.4. The number of fused-ring (bicyclic) bond motifs is 1. The van der Waals surface area contributed by atoms with Crippen LogP contribution in [0.2, 0.25) is 16.6 Å². The molecular weight excluding hydrogens is 436 g/mol. The maximum atomic E-state index is 10.6. The Balaban J connectivity index is 1.84. The molecule has 1 aromatic rings. The third-order valence-electron chi connectivity index (χ3n) is 9.17. The number of hydrogen-bond donors (Lipinski definition) is 1. The molecule has 192 valence electrons. The highest BCUT2D eigenvalue weighted by Crippen LogP contribution is 2.52. The molecule has 0 unspecified atom stereocenters. The standard InChI is InChI=1S/C30H50O3Si/c1-20(2)34(21(3)4,22(5)6)33-29-15-14-23(7)30-26(29)16-24(8)28(27(30)17-31)19-32-18-25-12-10-9-11-13-25/h9-13,16,20-23,26-31H,14-15,17-19H2,1-8H3/t23-,26+,27+,28+,29-,30+/m1/s1. The summed E-state index contributed by atoms with van der Waals surface area (Å²) in [7, 11) is -1.96. The molecule has 0 amide bonds. The molecule has 4 heteroatoms. The van der Waals surface area contributed by atoms with Crippen LogP contribution in [-0.2, 0) is 15.8 Å². The molecule has 6 atom stereocenters. The molecule has 1 fully saturated rings. The van der Waals surface area contributed by atoms with Gasteiger partial charge in [0.25, 0.3) is 0 Å². The van der Waals surface area contributed by atoms with Gasteiger partial charge in [-0.05, 0) is 59.7 Å². The van der Waals surface area contributed by atoms with E-state index in [1.807, 2.05) is 6.07 Å². The average Bonchev–Trinajstić information content (AvgIpc) is 2.79. The van der Waals surface area contributed by atoms with Gasteiger partial charge in [0.2, 0.25) is 8.32 Å². The lowest BCUT2D eigenvalue weighted by Gasteiger charge is -2.53. The molecule has 1 N–H and O–H groups in total. The lowest BCUT2D eigenvalue weighted by molar-refractivity contribution is -0.0424. The van der Waals surface area contributed by atoms with Crippen LogP contribution in [0.1, 0.15) is 73.8 Å². The van der Waals surface area contributed by atoms with E-state index >= 15 is 0 Å². The number of hydrogen-bond acceptors (Lipinski definition) is 3. The van der Waals surface area contributed by atoms with Gasteiger partial charge in [0.1, 0.15) is 0 Å². The highest BCUT2D eigenvalue weighted by Gasteiger charge is 2.52. The molecule has 1 aromatic carbocycles. The Morgan fingerprint density at radius 3 is 2.15 bits per heavy atom. The molecule has 34 heavy (non-hydrogen) atoms. The minimum atomic E-state index is -1.96. The Hall–Kier alpha value is -0.943. The van der Waals surface area contributed by atoms with Crippen molar-refractivity contribution in [2.45, 2.75) is 97.6 Å². The Labute approximate surface area is 210 Å². The largest absolute Gasteiger partial charge is 0.413 e. The molecule has 1 saturated carbocycles. The monoisotopic (exact) mass is 486 g/mol. The maximum absolute atomic E-state index is 10.6. The SMILES string of the molecule is CC1=C[C@@H]2[C@@H]([C@@H](CO)[C@H]1COCc1ccccc1)[C@H](C)CC[C@H]2O[Si](C(C)C)(C(C)C)C(C)C. The van der Waals surface area contributed by atoms with Crippen molar-refractivity contribution in [1.29, 1.82) is 0 Å². The first-order valence-corrected chi connectivity index (χ1v) is 15.9. The fourth-order valence-electron chi connectivity index (χ4n) is 7.59. The summed E-state index contributed by atoms with van der Waals surface area (Å²) in [4.78, 5) is 0. The molecule has 0 bridgehead atoms. The zero-order chi connectivity index (χ0) is 25.0. The highest BCUT2D eigenvalue weighted by atomic mass is 28.4. The second-order valence-electron chi connectivity index (χ2n) is 12.0. The summed E-state index contributed by atoms with van der Waals surface area (Å²) in [6.45, 7) is 20.5. The van der Waals surface area contributed by atoms with Gasteiger partial charge in [-0.15, -0.1) is 0 Å². The van der Waals surface area contributed by atoms with Gasteiger partial charge in [0.05, 0.1) is 19.3 Å². The van der Waals surface area contributed by atoms with E-state index < -0.39 is 8.32 Å². The fraction of sp³-hybridized carbons (Fsp3) is 0.733. The molecule has 3 nitrogen and oxygen atoms in total. The number of ether oxygens (including phenoxy) is 1. The molecule has 0 spiro atoms. The number of aliphatic hydroxyl groups excluding tert-OH is 1. The average molecular weight is 487 g/mol. The summed E-state index contributed by atoms with van der Waals surface area (Å²) in [5.74, 6) is 1.96. The highest BCUT2D eigenvalue weighted by molar-refractivity contribution is 6.77. The lowest BCUT2D eigenvalue weighted by atomic mass is 9.58. The van der Waals surface area contributed by atoms with Gasteiger partial charge >= 0.3 is 0 Å². The number of benzene rings is 1. The Kier molecular flexibility index (Phi) is 9.64. The molecule has 0 heterocycles. The summed E-state index contributed by atoms with van der Waals surface area (Å²) in [6.07, 6.45) is 5.12. The van der Waals surface area contributed by atoms with Crippen LogP contribution in [0.15, 0.2) is 42.0 Å². The summed E-state index contributed by atoms with van der Waals surface area (Å²) >= 11 is 0. The van der Waals surface area contributed by atoms with Crippen molar-refractivity contribution in [3.8, 4) is 0 Å². The molecule has 0 aliphatic heterocycles. The normalized spacial score (nSPS) is 30.1. The van der Waals surface area contributed by atoms with Crippen molar-refractivity contribution < 1.29 is 14.3 Å². The van der Waals surface area contributed by atoms with E-state index in [0.29, 0.717) is 47.6 Å². The summed E-state index contributed by atoms with van der Waals surface area (Å²) in [5, 5.41) is 10.6. The minimum absolute atomic E-state index is 0.226. The van der Waals surface area contributed by atoms with Crippen LogP contribution in [0, 0.1) is 29.6 Å². The van der Waals surface area contributed by atoms with Crippen molar-refractivity contribution in [1.82, 2.24) is 0 Å². The van der Waals surface area contributed by atoms with E-state index in [2.05, 4.69) is 85.7 Å². The third-order valence-corrected chi connectivity index (χ3v) is 15.3. The van der Waals surface area contributed by atoms with E-state index in [0.717, 1.165) is 6.42 Å². The first kappa shape index (κ1) is 27.6. The second-order valence-corrected chi connectivity index (χ2v) is 17.5. The molecule has 0 saturated heterocycles. The Morgan fingerprint density at radius 2 is 1.59 bits per heavy atom. The van der Waals surface area contributed by atoms with Crippen molar-refractivity contribution in [2.75, 3.05) is 13.2 Å². The van der Waals surface area contributed by atoms with Gasteiger partial charge < -0.3 is 14.3 Å². The molecule has 2 aliphatic rings. The van der Waals surface area contributed by atoms with Crippen molar-refractivity contribution in [3.63, 3.8) is 0 Å². The van der Waals surface area contributed by atoms with Crippen LogP contribution in [0.3, 0.4) is 0 Å².